The van der Waals surface area contributed by atoms with Crippen LogP contribution in [0.5, 0.6) is 0 Å². The highest BCUT2D eigenvalue weighted by Gasteiger charge is 2.28. The fourth-order valence-electron chi connectivity index (χ4n) is 1.95. The Morgan fingerprint density at radius 1 is 1.33 bits per heavy atom. The molecule has 1 saturated carbocycles. The second-order valence-corrected chi connectivity index (χ2v) is 5.48. The summed E-state index contributed by atoms with van der Waals surface area (Å²) in [5, 5.41) is -0.279. The number of esters is 1. The second-order valence-electron chi connectivity index (χ2n) is 4.93. The highest BCUT2D eigenvalue weighted by molar-refractivity contribution is 7.81. The van der Waals surface area contributed by atoms with Crippen molar-refractivity contribution in [1.29, 1.82) is 0 Å². The number of carbonyl (C=O) groups is 1. The Kier molecular flexibility index (Phi) is 4.97. The van der Waals surface area contributed by atoms with Crippen LogP contribution < -0.4 is 0 Å². The van der Waals surface area contributed by atoms with E-state index in [9.17, 15) is 4.79 Å². The lowest BCUT2D eigenvalue weighted by Gasteiger charge is -2.29. The fourth-order valence-corrected chi connectivity index (χ4v) is 2.01. The summed E-state index contributed by atoms with van der Waals surface area (Å²) in [5.41, 5.74) is 0. The SMILES string of the molecule is CC(C)C(S)C(=O)OC1CCCCC1C. The summed E-state index contributed by atoms with van der Waals surface area (Å²) in [5.74, 6) is 0.599. The maximum absolute atomic E-state index is 11.7. The normalized spacial score (nSPS) is 28.9. The minimum Gasteiger partial charge on any atom is -0.461 e. The standard InChI is InChI=1S/C12H22O2S/c1-8(2)11(15)12(13)14-10-7-5-4-6-9(10)3/h8-11,15H,4-7H2,1-3H3. The van der Waals surface area contributed by atoms with Crippen LogP contribution in [0.4, 0.5) is 0 Å². The van der Waals surface area contributed by atoms with E-state index in [4.69, 9.17) is 4.74 Å². The third-order valence-electron chi connectivity index (χ3n) is 3.17. The molecule has 3 atom stereocenters. The van der Waals surface area contributed by atoms with Crippen molar-refractivity contribution in [3.8, 4) is 0 Å². The minimum atomic E-state index is -0.279. The van der Waals surface area contributed by atoms with E-state index in [-0.39, 0.29) is 23.2 Å². The van der Waals surface area contributed by atoms with Crippen molar-refractivity contribution in [3.63, 3.8) is 0 Å². The molecule has 1 aliphatic rings. The summed E-state index contributed by atoms with van der Waals surface area (Å²) in [6.45, 7) is 6.15. The molecule has 3 unspecified atom stereocenters. The predicted octanol–water partition coefficient (Wildman–Crippen LogP) is 3.06. The van der Waals surface area contributed by atoms with Gasteiger partial charge < -0.3 is 4.74 Å². The van der Waals surface area contributed by atoms with Crippen LogP contribution in [-0.4, -0.2) is 17.3 Å². The smallest absolute Gasteiger partial charge is 0.319 e. The Morgan fingerprint density at radius 3 is 2.47 bits per heavy atom. The largest absolute Gasteiger partial charge is 0.461 e. The fraction of sp³-hybridized carbons (Fsp3) is 0.917. The Hall–Kier alpha value is -0.180. The predicted molar refractivity (Wildman–Crippen MR) is 65.1 cm³/mol. The first kappa shape index (κ1) is 12.9. The average Bonchev–Trinajstić information content (AvgIpc) is 2.20. The van der Waals surface area contributed by atoms with Crippen molar-refractivity contribution in [2.45, 2.75) is 57.8 Å². The van der Waals surface area contributed by atoms with Crippen molar-refractivity contribution in [2.75, 3.05) is 0 Å². The molecule has 0 aromatic rings. The summed E-state index contributed by atoms with van der Waals surface area (Å²) in [4.78, 5) is 11.7. The third kappa shape index (κ3) is 3.71. The topological polar surface area (TPSA) is 26.3 Å². The van der Waals surface area contributed by atoms with Crippen LogP contribution in [-0.2, 0) is 9.53 Å². The highest BCUT2D eigenvalue weighted by atomic mass is 32.1. The molecule has 0 heterocycles. The van der Waals surface area contributed by atoms with Crippen LogP contribution in [0, 0.1) is 11.8 Å². The van der Waals surface area contributed by atoms with Gasteiger partial charge >= 0.3 is 5.97 Å². The molecule has 0 bridgehead atoms. The zero-order valence-corrected chi connectivity index (χ0v) is 10.8. The van der Waals surface area contributed by atoms with Crippen LogP contribution >= 0.6 is 12.6 Å². The van der Waals surface area contributed by atoms with E-state index in [1.165, 1.54) is 19.3 Å². The number of carbonyl (C=O) groups excluding carboxylic acids is 1. The Balaban J connectivity index is 2.42. The van der Waals surface area contributed by atoms with Crippen LogP contribution in [0.15, 0.2) is 0 Å². The van der Waals surface area contributed by atoms with Crippen molar-refractivity contribution < 1.29 is 9.53 Å². The maximum Gasteiger partial charge on any atom is 0.319 e. The Labute approximate surface area is 98.2 Å². The van der Waals surface area contributed by atoms with Crippen molar-refractivity contribution in [3.05, 3.63) is 0 Å². The van der Waals surface area contributed by atoms with E-state index in [1.807, 2.05) is 13.8 Å². The highest BCUT2D eigenvalue weighted by Crippen LogP contribution is 2.27. The molecule has 0 aromatic carbocycles. The lowest BCUT2D eigenvalue weighted by atomic mass is 9.88. The number of ether oxygens (including phenoxy) is 1. The number of hydrogen-bond donors (Lipinski definition) is 1. The molecule has 0 amide bonds. The van der Waals surface area contributed by atoms with Gasteiger partial charge in [0.25, 0.3) is 0 Å². The number of thiol groups is 1. The van der Waals surface area contributed by atoms with Gasteiger partial charge in [-0.25, -0.2) is 0 Å². The van der Waals surface area contributed by atoms with Crippen LogP contribution in [0.2, 0.25) is 0 Å². The van der Waals surface area contributed by atoms with E-state index in [1.54, 1.807) is 0 Å². The molecule has 0 aliphatic heterocycles. The molecular weight excluding hydrogens is 208 g/mol. The summed E-state index contributed by atoms with van der Waals surface area (Å²) in [7, 11) is 0. The van der Waals surface area contributed by atoms with Gasteiger partial charge in [0.2, 0.25) is 0 Å². The molecular formula is C12H22O2S. The minimum absolute atomic E-state index is 0.125. The molecule has 1 aliphatic carbocycles. The zero-order chi connectivity index (χ0) is 11.4. The van der Waals surface area contributed by atoms with E-state index in [0.717, 1.165) is 6.42 Å². The molecule has 1 rings (SSSR count). The zero-order valence-electron chi connectivity index (χ0n) is 9.90. The molecule has 0 N–H and O–H groups in total. The van der Waals surface area contributed by atoms with Gasteiger partial charge in [-0.2, -0.15) is 12.6 Å². The summed E-state index contributed by atoms with van der Waals surface area (Å²) in [6, 6.07) is 0. The average molecular weight is 230 g/mol. The molecule has 3 heteroatoms. The summed E-state index contributed by atoms with van der Waals surface area (Å²) < 4.78 is 5.51. The second kappa shape index (κ2) is 5.78. The summed E-state index contributed by atoms with van der Waals surface area (Å²) >= 11 is 4.27. The first-order valence-electron chi connectivity index (χ1n) is 5.91. The van der Waals surface area contributed by atoms with Crippen molar-refractivity contribution in [2.24, 2.45) is 11.8 Å². The van der Waals surface area contributed by atoms with Gasteiger partial charge in [-0.1, -0.05) is 27.2 Å². The maximum atomic E-state index is 11.7. The van der Waals surface area contributed by atoms with Gasteiger partial charge in [-0.15, -0.1) is 0 Å². The quantitative estimate of drug-likeness (QED) is 0.596. The Morgan fingerprint density at radius 2 is 1.93 bits per heavy atom. The van der Waals surface area contributed by atoms with Gasteiger partial charge in [0.1, 0.15) is 11.4 Å². The van der Waals surface area contributed by atoms with Crippen LogP contribution in [0.1, 0.15) is 46.5 Å². The molecule has 88 valence electrons. The molecule has 1 fully saturated rings. The molecule has 2 nitrogen and oxygen atoms in total. The van der Waals surface area contributed by atoms with Crippen molar-refractivity contribution in [1.82, 2.24) is 0 Å². The van der Waals surface area contributed by atoms with E-state index in [0.29, 0.717) is 5.92 Å². The van der Waals surface area contributed by atoms with Crippen LogP contribution in [0.3, 0.4) is 0 Å². The first-order valence-corrected chi connectivity index (χ1v) is 6.42. The summed E-state index contributed by atoms with van der Waals surface area (Å²) in [6.07, 6.45) is 4.77. The monoisotopic (exact) mass is 230 g/mol. The number of hydrogen-bond acceptors (Lipinski definition) is 3. The van der Waals surface area contributed by atoms with Gasteiger partial charge in [0.05, 0.1) is 0 Å². The van der Waals surface area contributed by atoms with Gasteiger partial charge in [0, 0.05) is 0 Å². The van der Waals surface area contributed by atoms with Gasteiger partial charge in [0.15, 0.2) is 0 Å². The molecule has 15 heavy (non-hydrogen) atoms. The first-order chi connectivity index (χ1) is 7.02. The molecule has 0 aromatic heterocycles. The van der Waals surface area contributed by atoms with E-state index < -0.39 is 0 Å². The van der Waals surface area contributed by atoms with Crippen molar-refractivity contribution >= 4 is 18.6 Å². The van der Waals surface area contributed by atoms with Gasteiger partial charge in [-0.05, 0) is 31.1 Å². The van der Waals surface area contributed by atoms with Crippen LogP contribution in [0.25, 0.3) is 0 Å². The Bertz CT molecular complexity index is 216. The molecule has 0 radical (unpaired) electrons. The molecule has 0 saturated heterocycles. The number of rotatable bonds is 3. The van der Waals surface area contributed by atoms with Gasteiger partial charge in [-0.3, -0.25) is 4.79 Å². The van der Waals surface area contributed by atoms with E-state index >= 15 is 0 Å². The van der Waals surface area contributed by atoms with E-state index in [2.05, 4.69) is 19.6 Å². The molecule has 0 spiro atoms. The third-order valence-corrected chi connectivity index (χ3v) is 3.98. The lowest BCUT2D eigenvalue weighted by molar-refractivity contribution is -0.153. The lowest BCUT2D eigenvalue weighted by Crippen LogP contribution is -2.33.